The molecule has 2 unspecified atom stereocenters. The van der Waals surface area contributed by atoms with Crippen molar-refractivity contribution in [1.29, 1.82) is 0 Å². The van der Waals surface area contributed by atoms with E-state index < -0.39 is 11.7 Å². The Morgan fingerprint density at radius 1 is 1.19 bits per heavy atom. The first-order valence-electron chi connectivity index (χ1n) is 11.3. The predicted molar refractivity (Wildman–Crippen MR) is 154 cm³/mol. The van der Waals surface area contributed by atoms with E-state index in [0.717, 1.165) is 33.2 Å². The van der Waals surface area contributed by atoms with Crippen LogP contribution in [0.15, 0.2) is 47.0 Å². The molecule has 1 N–H and O–H groups in total. The van der Waals surface area contributed by atoms with Crippen LogP contribution in [0.3, 0.4) is 0 Å². The quantitative estimate of drug-likeness (QED) is 0.340. The van der Waals surface area contributed by atoms with Gasteiger partial charge >= 0.3 is 0 Å². The molecule has 0 saturated heterocycles. The van der Waals surface area contributed by atoms with Gasteiger partial charge in [0, 0.05) is 26.6 Å². The molecular formula is C24H29Br4N3O5. The van der Waals surface area contributed by atoms with Crippen LogP contribution >= 0.6 is 63.7 Å². The summed E-state index contributed by atoms with van der Waals surface area (Å²) in [4.78, 5) is 22.4. The first kappa shape index (κ1) is 29.6. The number of oxime groups is 1. The minimum absolute atomic E-state index is 0.134. The average Bonchev–Trinajstić information content (AvgIpc) is 3.24. The fraction of sp³-hybridized carbons (Fsp3) is 0.500. The Morgan fingerprint density at radius 2 is 1.86 bits per heavy atom. The Balaban J connectivity index is 1.58. The van der Waals surface area contributed by atoms with Crippen molar-refractivity contribution in [3.05, 3.63) is 47.4 Å². The van der Waals surface area contributed by atoms with Crippen molar-refractivity contribution in [2.24, 2.45) is 5.16 Å². The summed E-state index contributed by atoms with van der Waals surface area (Å²) < 4.78 is 14.0. The van der Waals surface area contributed by atoms with Crippen molar-refractivity contribution in [2.75, 3.05) is 47.9 Å². The molecular weight excluding hydrogens is 730 g/mol. The minimum Gasteiger partial charge on any atom is -0.495 e. The zero-order valence-electron chi connectivity index (χ0n) is 20.5. The number of carbonyl (C=O) groups is 1. The lowest BCUT2D eigenvalue weighted by Crippen LogP contribution is -2.45. The molecule has 1 spiro atoms. The number of methoxy groups -OCH3 is 1. The number of carbonyl (C=O) groups excluding carboxylic acids is 1. The Kier molecular flexibility index (Phi) is 10.5. The van der Waals surface area contributed by atoms with Crippen molar-refractivity contribution >= 4 is 75.3 Å². The molecule has 198 valence electrons. The van der Waals surface area contributed by atoms with Crippen LogP contribution in [0.5, 0.6) is 5.75 Å². The number of benzene rings is 1. The van der Waals surface area contributed by atoms with Gasteiger partial charge in [0.25, 0.3) is 5.91 Å². The van der Waals surface area contributed by atoms with Crippen LogP contribution in [-0.2, 0) is 20.8 Å². The van der Waals surface area contributed by atoms with E-state index in [4.69, 9.17) is 14.3 Å². The molecule has 0 fully saturated rings. The van der Waals surface area contributed by atoms with Gasteiger partial charge in [0.05, 0.1) is 31.6 Å². The summed E-state index contributed by atoms with van der Waals surface area (Å²) in [6.07, 6.45) is 2.32. The largest absolute Gasteiger partial charge is 0.495 e. The third kappa shape index (κ3) is 6.74. The Bertz CT molecular complexity index is 1070. The third-order valence-corrected chi connectivity index (χ3v) is 8.43. The van der Waals surface area contributed by atoms with Crippen LogP contribution in [0.1, 0.15) is 18.4 Å². The van der Waals surface area contributed by atoms with Crippen LogP contribution in [0.25, 0.3) is 0 Å². The van der Waals surface area contributed by atoms with Gasteiger partial charge in [0.15, 0.2) is 5.60 Å². The standard InChI is InChI=1S/C24H29Br4N3O5/c1-30(2)7-5-9-35-20-15(25)10-14(11-16(20)26)6-8-31(3)23(33)18-13-24(36-29-18)12-17(27)21(34-4)19(28)22(24)32/h10-12,22,32H,5-9,13H2,1-4H3. The van der Waals surface area contributed by atoms with Crippen LogP contribution in [-0.4, -0.2) is 86.2 Å². The van der Waals surface area contributed by atoms with Gasteiger partial charge in [-0.2, -0.15) is 0 Å². The number of amides is 1. The number of nitrogens with zero attached hydrogens (tertiary/aromatic N) is 3. The van der Waals surface area contributed by atoms with E-state index in [2.05, 4.69) is 73.8 Å². The Labute approximate surface area is 245 Å². The number of hydrogen-bond acceptors (Lipinski definition) is 7. The summed E-state index contributed by atoms with van der Waals surface area (Å²) in [6.45, 7) is 2.06. The minimum atomic E-state index is -1.18. The number of hydrogen-bond donors (Lipinski definition) is 1. The molecule has 1 heterocycles. The van der Waals surface area contributed by atoms with Crippen molar-refractivity contribution in [3.8, 4) is 5.75 Å². The van der Waals surface area contributed by atoms with Crippen molar-refractivity contribution in [2.45, 2.75) is 31.0 Å². The number of halogens is 4. The third-order valence-electron chi connectivity index (χ3n) is 5.87. The molecule has 1 aromatic carbocycles. The highest BCUT2D eigenvalue weighted by Crippen LogP contribution is 2.44. The fourth-order valence-electron chi connectivity index (χ4n) is 3.88. The molecule has 1 aliphatic heterocycles. The number of aliphatic hydroxyl groups is 1. The highest BCUT2D eigenvalue weighted by atomic mass is 79.9. The average molecular weight is 759 g/mol. The van der Waals surface area contributed by atoms with Gasteiger partial charge in [0.1, 0.15) is 23.3 Å². The molecule has 1 aliphatic carbocycles. The lowest BCUT2D eigenvalue weighted by Gasteiger charge is -2.33. The molecule has 2 aliphatic rings. The summed E-state index contributed by atoms with van der Waals surface area (Å²) in [5, 5.41) is 14.8. The van der Waals surface area contributed by atoms with Gasteiger partial charge in [-0.1, -0.05) is 5.16 Å². The van der Waals surface area contributed by atoms with E-state index in [1.165, 1.54) is 7.11 Å². The molecule has 1 amide bonds. The van der Waals surface area contributed by atoms with Gasteiger partial charge in [0.2, 0.25) is 0 Å². The lowest BCUT2D eigenvalue weighted by atomic mass is 9.86. The maximum Gasteiger partial charge on any atom is 0.271 e. The van der Waals surface area contributed by atoms with Crippen LogP contribution in [0.2, 0.25) is 0 Å². The maximum absolute atomic E-state index is 13.1. The van der Waals surface area contributed by atoms with E-state index in [-0.39, 0.29) is 18.0 Å². The van der Waals surface area contributed by atoms with Crippen molar-refractivity contribution < 1.29 is 24.2 Å². The fourth-order valence-corrected chi connectivity index (χ4v) is 7.18. The molecule has 0 radical (unpaired) electrons. The molecule has 1 aromatic rings. The summed E-state index contributed by atoms with van der Waals surface area (Å²) >= 11 is 14.0. The van der Waals surface area contributed by atoms with E-state index in [9.17, 15) is 9.90 Å². The molecule has 0 aromatic heterocycles. The van der Waals surface area contributed by atoms with Gasteiger partial charge in [-0.3, -0.25) is 4.79 Å². The zero-order chi connectivity index (χ0) is 26.6. The number of likely N-dealkylation sites (N-methyl/N-ethyl adjacent to an activating group) is 1. The van der Waals surface area contributed by atoms with Gasteiger partial charge in [-0.05, 0) is 114 Å². The first-order valence-corrected chi connectivity index (χ1v) is 14.4. The summed E-state index contributed by atoms with van der Waals surface area (Å²) in [5.41, 5.74) is 0.118. The Hall–Kier alpha value is -0.920. The van der Waals surface area contributed by atoms with Crippen LogP contribution < -0.4 is 4.74 Å². The van der Waals surface area contributed by atoms with E-state index in [1.54, 1.807) is 18.0 Å². The van der Waals surface area contributed by atoms with Gasteiger partial charge < -0.3 is 29.2 Å². The normalized spacial score (nSPS) is 21.4. The Morgan fingerprint density at radius 3 is 2.47 bits per heavy atom. The van der Waals surface area contributed by atoms with Gasteiger partial charge in [-0.15, -0.1) is 0 Å². The predicted octanol–water partition coefficient (Wildman–Crippen LogP) is 4.96. The van der Waals surface area contributed by atoms with Gasteiger partial charge in [-0.25, -0.2) is 0 Å². The monoisotopic (exact) mass is 755 g/mol. The number of aliphatic hydroxyl groups excluding tert-OH is 1. The van der Waals surface area contributed by atoms with Crippen molar-refractivity contribution in [3.63, 3.8) is 0 Å². The summed E-state index contributed by atoms with van der Waals surface area (Å²) in [6, 6.07) is 4.01. The molecule has 0 saturated carbocycles. The highest BCUT2D eigenvalue weighted by Gasteiger charge is 2.50. The molecule has 0 bridgehead atoms. The summed E-state index contributed by atoms with van der Waals surface area (Å²) in [7, 11) is 7.31. The zero-order valence-corrected chi connectivity index (χ0v) is 26.8. The molecule has 2 atom stereocenters. The molecule has 8 nitrogen and oxygen atoms in total. The number of rotatable bonds is 10. The molecule has 12 heteroatoms. The topological polar surface area (TPSA) is 83.8 Å². The second-order valence-electron chi connectivity index (χ2n) is 8.91. The van der Waals surface area contributed by atoms with Crippen molar-refractivity contribution in [1.82, 2.24) is 9.80 Å². The van der Waals surface area contributed by atoms with E-state index in [0.29, 0.717) is 34.3 Å². The lowest BCUT2D eigenvalue weighted by molar-refractivity contribution is -0.123. The maximum atomic E-state index is 13.1. The second kappa shape index (κ2) is 12.8. The molecule has 3 rings (SSSR count). The van der Waals surface area contributed by atoms with Crippen LogP contribution in [0.4, 0.5) is 0 Å². The highest BCUT2D eigenvalue weighted by molar-refractivity contribution is 9.12. The van der Waals surface area contributed by atoms with Crippen LogP contribution in [0, 0.1) is 0 Å². The smallest absolute Gasteiger partial charge is 0.271 e. The number of ether oxygens (including phenoxy) is 2. The summed E-state index contributed by atoms with van der Waals surface area (Å²) in [5.74, 6) is 0.989. The molecule has 36 heavy (non-hydrogen) atoms. The van der Waals surface area contributed by atoms with E-state index in [1.807, 2.05) is 26.2 Å². The SMILES string of the molecule is COC1=C(Br)C(O)C2(C=C1Br)CC(C(=O)N(C)CCc1cc(Br)c(OCCCN(C)C)c(Br)c1)=NO2. The number of allylic oxidation sites excluding steroid dienone is 1. The first-order chi connectivity index (χ1) is 17.0. The second-order valence-corrected chi connectivity index (χ2v) is 12.3. The van der Waals surface area contributed by atoms with E-state index >= 15 is 0 Å².